The van der Waals surface area contributed by atoms with Crippen molar-refractivity contribution in [2.45, 2.75) is 58.5 Å². The first-order chi connectivity index (χ1) is 14.6. The van der Waals surface area contributed by atoms with E-state index in [0.29, 0.717) is 25.9 Å². The van der Waals surface area contributed by atoms with Crippen molar-refractivity contribution in [2.75, 3.05) is 13.7 Å². The Hall–Kier alpha value is -2.82. The standard InChI is InChI=1S/C25H34N2O3/c1-4-6-17-26-25(29)23(18-20-11-8-7-9-12-20)27(24(28)10-5-2)19-21-13-15-22(30-3)16-14-21/h7-9,11-16,23H,4-6,10,17-19H2,1-3H3,(H,26,29)/t23-/m1/s1. The van der Waals surface area contributed by atoms with Gasteiger partial charge in [0.05, 0.1) is 7.11 Å². The van der Waals surface area contributed by atoms with Gasteiger partial charge >= 0.3 is 0 Å². The molecule has 5 heteroatoms. The van der Waals surface area contributed by atoms with Crippen LogP contribution in [0, 0.1) is 0 Å². The Kier molecular flexibility index (Phi) is 9.92. The summed E-state index contributed by atoms with van der Waals surface area (Å²) >= 11 is 0. The quantitative estimate of drug-likeness (QED) is 0.529. The van der Waals surface area contributed by atoms with Crippen LogP contribution in [0.4, 0.5) is 0 Å². The Morgan fingerprint density at radius 2 is 1.67 bits per heavy atom. The molecule has 2 aromatic rings. The van der Waals surface area contributed by atoms with E-state index in [9.17, 15) is 9.59 Å². The van der Waals surface area contributed by atoms with Gasteiger partial charge in [-0.15, -0.1) is 0 Å². The summed E-state index contributed by atoms with van der Waals surface area (Å²) in [5.41, 5.74) is 2.01. The monoisotopic (exact) mass is 410 g/mol. The fourth-order valence-electron chi connectivity index (χ4n) is 3.35. The smallest absolute Gasteiger partial charge is 0.243 e. The summed E-state index contributed by atoms with van der Waals surface area (Å²) in [6.45, 7) is 5.09. The number of rotatable bonds is 12. The molecule has 0 saturated carbocycles. The molecule has 0 saturated heterocycles. The number of unbranched alkanes of at least 4 members (excludes halogenated alkanes) is 1. The fourth-order valence-corrected chi connectivity index (χ4v) is 3.35. The molecule has 1 atom stereocenters. The van der Waals surface area contributed by atoms with Crippen LogP contribution in [0.1, 0.15) is 50.7 Å². The lowest BCUT2D eigenvalue weighted by molar-refractivity contribution is -0.141. The zero-order valence-corrected chi connectivity index (χ0v) is 18.4. The first kappa shape index (κ1) is 23.5. The molecular weight excluding hydrogens is 376 g/mol. The number of methoxy groups -OCH3 is 1. The second kappa shape index (κ2) is 12.7. The minimum Gasteiger partial charge on any atom is -0.497 e. The van der Waals surface area contributed by atoms with E-state index in [2.05, 4.69) is 12.2 Å². The molecule has 162 valence electrons. The summed E-state index contributed by atoms with van der Waals surface area (Å²) in [5.74, 6) is 0.675. The molecule has 0 aliphatic heterocycles. The topological polar surface area (TPSA) is 58.6 Å². The minimum absolute atomic E-state index is 0.000101. The van der Waals surface area contributed by atoms with Crippen molar-refractivity contribution in [3.05, 3.63) is 65.7 Å². The maximum Gasteiger partial charge on any atom is 0.243 e. The van der Waals surface area contributed by atoms with Gasteiger partial charge in [-0.25, -0.2) is 0 Å². The Morgan fingerprint density at radius 1 is 0.967 bits per heavy atom. The molecule has 0 radical (unpaired) electrons. The van der Waals surface area contributed by atoms with Crippen LogP contribution in [-0.4, -0.2) is 36.4 Å². The first-order valence-electron chi connectivity index (χ1n) is 10.8. The van der Waals surface area contributed by atoms with Crippen molar-refractivity contribution in [3.63, 3.8) is 0 Å². The molecular formula is C25H34N2O3. The lowest BCUT2D eigenvalue weighted by atomic mass is 10.0. The van der Waals surface area contributed by atoms with Gasteiger partial charge in [0.1, 0.15) is 11.8 Å². The fraction of sp³-hybridized carbons (Fsp3) is 0.440. The average Bonchev–Trinajstić information content (AvgIpc) is 2.77. The van der Waals surface area contributed by atoms with Crippen molar-refractivity contribution >= 4 is 11.8 Å². The SMILES string of the molecule is CCCCNC(=O)[C@@H](Cc1ccccc1)N(Cc1ccc(OC)cc1)C(=O)CCC. The molecule has 2 amide bonds. The molecule has 0 heterocycles. The number of hydrogen-bond donors (Lipinski definition) is 1. The maximum atomic E-state index is 13.1. The van der Waals surface area contributed by atoms with Crippen LogP contribution in [0.15, 0.2) is 54.6 Å². The predicted molar refractivity (Wildman–Crippen MR) is 120 cm³/mol. The van der Waals surface area contributed by atoms with E-state index in [1.54, 1.807) is 12.0 Å². The van der Waals surface area contributed by atoms with E-state index >= 15 is 0 Å². The average molecular weight is 411 g/mol. The van der Waals surface area contributed by atoms with Gasteiger partial charge in [0.2, 0.25) is 11.8 Å². The van der Waals surface area contributed by atoms with Crippen LogP contribution in [0.25, 0.3) is 0 Å². The molecule has 0 bridgehead atoms. The zero-order valence-electron chi connectivity index (χ0n) is 18.4. The highest BCUT2D eigenvalue weighted by molar-refractivity contribution is 5.88. The molecule has 2 rings (SSSR count). The Morgan fingerprint density at radius 3 is 2.27 bits per heavy atom. The highest BCUT2D eigenvalue weighted by atomic mass is 16.5. The van der Waals surface area contributed by atoms with Gasteiger partial charge in [-0.3, -0.25) is 9.59 Å². The molecule has 30 heavy (non-hydrogen) atoms. The number of hydrogen-bond acceptors (Lipinski definition) is 3. The minimum atomic E-state index is -0.551. The summed E-state index contributed by atoms with van der Waals surface area (Å²) in [5, 5.41) is 3.03. The highest BCUT2D eigenvalue weighted by Crippen LogP contribution is 2.18. The number of nitrogens with one attached hydrogen (secondary N) is 1. The molecule has 0 spiro atoms. The summed E-state index contributed by atoms with van der Waals surface area (Å²) < 4.78 is 5.24. The highest BCUT2D eigenvalue weighted by Gasteiger charge is 2.29. The molecule has 1 N–H and O–H groups in total. The van der Waals surface area contributed by atoms with Crippen LogP contribution in [0.5, 0.6) is 5.75 Å². The van der Waals surface area contributed by atoms with Crippen LogP contribution in [0.2, 0.25) is 0 Å². The lowest BCUT2D eigenvalue weighted by Gasteiger charge is -2.31. The van der Waals surface area contributed by atoms with Gasteiger partial charge in [0.25, 0.3) is 0 Å². The molecule has 0 unspecified atom stereocenters. The third-order valence-electron chi connectivity index (χ3n) is 5.08. The Bertz CT molecular complexity index is 775. The number of carbonyl (C=O) groups excluding carboxylic acids is 2. The maximum absolute atomic E-state index is 13.1. The van der Waals surface area contributed by atoms with Crippen molar-refractivity contribution < 1.29 is 14.3 Å². The number of nitrogens with zero attached hydrogens (tertiary/aromatic N) is 1. The summed E-state index contributed by atoms with van der Waals surface area (Å²) in [6, 6.07) is 17.0. The molecule has 0 aromatic heterocycles. The van der Waals surface area contributed by atoms with E-state index in [1.165, 1.54) is 0 Å². The van der Waals surface area contributed by atoms with Gasteiger partial charge in [0.15, 0.2) is 0 Å². The van der Waals surface area contributed by atoms with Gasteiger partial charge in [0, 0.05) is 25.9 Å². The van der Waals surface area contributed by atoms with Crippen LogP contribution in [-0.2, 0) is 22.6 Å². The number of carbonyl (C=O) groups is 2. The van der Waals surface area contributed by atoms with Crippen molar-refractivity contribution in [1.29, 1.82) is 0 Å². The van der Waals surface area contributed by atoms with Crippen LogP contribution in [0.3, 0.4) is 0 Å². The van der Waals surface area contributed by atoms with E-state index in [0.717, 1.165) is 36.1 Å². The largest absolute Gasteiger partial charge is 0.497 e. The van der Waals surface area contributed by atoms with Crippen LogP contribution >= 0.6 is 0 Å². The van der Waals surface area contributed by atoms with E-state index in [4.69, 9.17) is 4.74 Å². The second-order valence-electron chi connectivity index (χ2n) is 7.47. The number of amides is 2. The molecule has 2 aromatic carbocycles. The summed E-state index contributed by atoms with van der Waals surface area (Å²) in [7, 11) is 1.63. The molecule has 5 nitrogen and oxygen atoms in total. The Labute approximate surface area is 180 Å². The molecule has 0 fully saturated rings. The predicted octanol–water partition coefficient (Wildman–Crippen LogP) is 4.35. The van der Waals surface area contributed by atoms with Gasteiger partial charge in [-0.2, -0.15) is 0 Å². The zero-order chi connectivity index (χ0) is 21.8. The number of benzene rings is 2. The normalized spacial score (nSPS) is 11.6. The number of ether oxygens (including phenoxy) is 1. The lowest BCUT2D eigenvalue weighted by Crippen LogP contribution is -2.50. The van der Waals surface area contributed by atoms with Gasteiger partial charge in [-0.1, -0.05) is 62.7 Å². The van der Waals surface area contributed by atoms with Crippen molar-refractivity contribution in [3.8, 4) is 5.75 Å². The summed E-state index contributed by atoms with van der Waals surface area (Å²) in [6.07, 6.45) is 3.58. The van der Waals surface area contributed by atoms with Gasteiger partial charge in [-0.05, 0) is 36.1 Å². The molecule has 0 aliphatic rings. The van der Waals surface area contributed by atoms with Gasteiger partial charge < -0.3 is 15.0 Å². The van der Waals surface area contributed by atoms with Crippen LogP contribution < -0.4 is 10.1 Å². The van der Waals surface area contributed by atoms with E-state index < -0.39 is 6.04 Å². The second-order valence-corrected chi connectivity index (χ2v) is 7.47. The van der Waals surface area contributed by atoms with Crippen molar-refractivity contribution in [1.82, 2.24) is 10.2 Å². The van der Waals surface area contributed by atoms with E-state index in [1.807, 2.05) is 61.5 Å². The Balaban J connectivity index is 2.30. The first-order valence-corrected chi connectivity index (χ1v) is 10.8. The summed E-state index contributed by atoms with van der Waals surface area (Å²) in [4.78, 5) is 27.9. The van der Waals surface area contributed by atoms with E-state index in [-0.39, 0.29) is 11.8 Å². The third kappa shape index (κ3) is 7.21. The van der Waals surface area contributed by atoms with Crippen molar-refractivity contribution in [2.24, 2.45) is 0 Å². The molecule has 0 aliphatic carbocycles. The third-order valence-corrected chi connectivity index (χ3v) is 5.08.